The summed E-state index contributed by atoms with van der Waals surface area (Å²) < 4.78 is 10.6. The Morgan fingerprint density at radius 1 is 0.765 bits per heavy atom. The molecule has 2 N–H and O–H groups in total. The predicted molar refractivity (Wildman–Crippen MR) is 134 cm³/mol. The fourth-order valence-electron chi connectivity index (χ4n) is 3.99. The number of ether oxygens (including phenoxy) is 2. The van der Waals surface area contributed by atoms with E-state index in [-0.39, 0.29) is 17.5 Å². The number of methoxy groups -OCH3 is 2. The van der Waals surface area contributed by atoms with Crippen molar-refractivity contribution in [2.75, 3.05) is 19.5 Å². The number of rotatable bonds is 7. The Balaban J connectivity index is 1.52. The molecule has 0 aliphatic carbocycles. The summed E-state index contributed by atoms with van der Waals surface area (Å²) in [5.74, 6) is 0.173. The van der Waals surface area contributed by atoms with Crippen molar-refractivity contribution in [1.29, 1.82) is 0 Å². The van der Waals surface area contributed by atoms with Crippen molar-refractivity contribution in [3.8, 4) is 11.5 Å². The first kappa shape index (κ1) is 22.9. The van der Waals surface area contributed by atoms with Crippen LogP contribution in [0.3, 0.4) is 0 Å². The van der Waals surface area contributed by atoms with Gasteiger partial charge in [0.15, 0.2) is 0 Å². The quantitative estimate of drug-likeness (QED) is 0.381. The van der Waals surface area contributed by atoms with Gasteiger partial charge in [-0.2, -0.15) is 0 Å². The summed E-state index contributed by atoms with van der Waals surface area (Å²) in [4.78, 5) is 26.0. The van der Waals surface area contributed by atoms with Crippen LogP contribution in [0.25, 0.3) is 10.8 Å². The van der Waals surface area contributed by atoms with E-state index < -0.39 is 5.91 Å². The standard InChI is InChI=1S/C28H26N2O4/c1-18(22-14-7-10-19-9-4-5-13-23(19)22)29-27(31)20-11-6-12-21(17-20)30-28(32)26-24(33-2)15-8-16-25(26)34-3/h4-18H,1-3H3,(H,29,31)(H,30,32)/t18-/m0/s1. The molecule has 0 saturated carbocycles. The van der Waals surface area contributed by atoms with Crippen molar-refractivity contribution in [3.05, 3.63) is 102 Å². The molecule has 0 aliphatic rings. The number of amides is 2. The van der Waals surface area contributed by atoms with E-state index in [1.54, 1.807) is 42.5 Å². The highest BCUT2D eigenvalue weighted by atomic mass is 16.5. The lowest BCUT2D eigenvalue weighted by atomic mass is 9.99. The third-order valence-corrected chi connectivity index (χ3v) is 5.67. The van der Waals surface area contributed by atoms with Crippen LogP contribution in [0.2, 0.25) is 0 Å². The van der Waals surface area contributed by atoms with Gasteiger partial charge in [0.25, 0.3) is 11.8 Å². The molecular weight excluding hydrogens is 428 g/mol. The van der Waals surface area contributed by atoms with E-state index in [0.717, 1.165) is 16.3 Å². The summed E-state index contributed by atoms with van der Waals surface area (Å²) in [6, 6.07) is 25.9. The second-order valence-electron chi connectivity index (χ2n) is 7.84. The Bertz CT molecular complexity index is 1320. The summed E-state index contributed by atoms with van der Waals surface area (Å²) in [6.45, 7) is 1.96. The van der Waals surface area contributed by atoms with Crippen molar-refractivity contribution in [2.45, 2.75) is 13.0 Å². The Hall–Kier alpha value is -4.32. The Morgan fingerprint density at radius 2 is 1.41 bits per heavy atom. The number of nitrogens with one attached hydrogen (secondary N) is 2. The van der Waals surface area contributed by atoms with Crippen molar-refractivity contribution < 1.29 is 19.1 Å². The summed E-state index contributed by atoms with van der Waals surface area (Å²) in [6.07, 6.45) is 0. The van der Waals surface area contributed by atoms with Crippen molar-refractivity contribution >= 4 is 28.3 Å². The number of hydrogen-bond acceptors (Lipinski definition) is 4. The van der Waals surface area contributed by atoms with E-state index >= 15 is 0 Å². The molecule has 0 fully saturated rings. The van der Waals surface area contributed by atoms with Gasteiger partial charge >= 0.3 is 0 Å². The second kappa shape index (κ2) is 10.1. The molecule has 4 aromatic carbocycles. The molecule has 0 unspecified atom stereocenters. The van der Waals surface area contributed by atoms with Crippen LogP contribution < -0.4 is 20.1 Å². The molecule has 0 radical (unpaired) electrons. The predicted octanol–water partition coefficient (Wildman–Crippen LogP) is 5.60. The number of hydrogen-bond donors (Lipinski definition) is 2. The third kappa shape index (κ3) is 4.71. The topological polar surface area (TPSA) is 76.7 Å². The van der Waals surface area contributed by atoms with Crippen LogP contribution in [0.1, 0.15) is 39.2 Å². The molecule has 2 amide bonds. The molecule has 6 nitrogen and oxygen atoms in total. The highest BCUT2D eigenvalue weighted by Crippen LogP contribution is 2.29. The lowest BCUT2D eigenvalue weighted by Gasteiger charge is -2.17. The SMILES string of the molecule is COc1cccc(OC)c1C(=O)Nc1cccc(C(=O)N[C@@H](C)c2cccc3ccccc23)c1. The van der Waals surface area contributed by atoms with Crippen molar-refractivity contribution in [2.24, 2.45) is 0 Å². The summed E-state index contributed by atoms with van der Waals surface area (Å²) in [5, 5.41) is 8.12. The maximum atomic E-state index is 13.0. The maximum Gasteiger partial charge on any atom is 0.263 e. The summed E-state index contributed by atoms with van der Waals surface area (Å²) in [7, 11) is 2.99. The average molecular weight is 455 g/mol. The lowest BCUT2D eigenvalue weighted by molar-refractivity contribution is 0.0938. The zero-order valence-electron chi connectivity index (χ0n) is 19.3. The number of carbonyl (C=O) groups excluding carboxylic acids is 2. The Labute approximate surface area is 198 Å². The van der Waals surface area contributed by atoms with E-state index in [4.69, 9.17) is 9.47 Å². The number of benzene rings is 4. The minimum atomic E-state index is -0.393. The van der Waals surface area contributed by atoms with Gasteiger partial charge in [0.1, 0.15) is 17.1 Å². The molecular formula is C28H26N2O4. The highest BCUT2D eigenvalue weighted by molar-refractivity contribution is 6.08. The molecule has 172 valence electrons. The van der Waals surface area contributed by atoms with E-state index in [2.05, 4.69) is 28.8 Å². The Morgan fingerprint density at radius 3 is 2.15 bits per heavy atom. The molecule has 4 rings (SSSR count). The molecule has 0 aliphatic heterocycles. The van der Waals surface area contributed by atoms with Gasteiger partial charge in [-0.1, -0.05) is 54.6 Å². The molecule has 0 aromatic heterocycles. The molecule has 4 aromatic rings. The van der Waals surface area contributed by atoms with Gasteiger partial charge in [0.2, 0.25) is 0 Å². The van der Waals surface area contributed by atoms with E-state index in [1.165, 1.54) is 14.2 Å². The highest BCUT2D eigenvalue weighted by Gasteiger charge is 2.19. The van der Waals surface area contributed by atoms with Crippen LogP contribution in [0, 0.1) is 0 Å². The first-order chi connectivity index (χ1) is 16.5. The molecule has 34 heavy (non-hydrogen) atoms. The van der Waals surface area contributed by atoms with Gasteiger partial charge in [0.05, 0.1) is 20.3 Å². The number of fused-ring (bicyclic) bond motifs is 1. The molecule has 0 spiro atoms. The summed E-state index contributed by atoms with van der Waals surface area (Å²) >= 11 is 0. The van der Waals surface area contributed by atoms with Gasteiger partial charge in [-0.05, 0) is 53.6 Å². The van der Waals surface area contributed by atoms with Gasteiger partial charge in [0, 0.05) is 11.3 Å². The minimum Gasteiger partial charge on any atom is -0.496 e. The number of anilines is 1. The fourth-order valence-corrected chi connectivity index (χ4v) is 3.99. The smallest absolute Gasteiger partial charge is 0.263 e. The largest absolute Gasteiger partial charge is 0.496 e. The Kier molecular flexibility index (Phi) is 6.78. The fraction of sp³-hybridized carbons (Fsp3) is 0.143. The van der Waals surface area contributed by atoms with Crippen LogP contribution in [0.15, 0.2) is 84.9 Å². The normalized spacial score (nSPS) is 11.5. The molecule has 6 heteroatoms. The first-order valence-electron chi connectivity index (χ1n) is 10.9. The van der Waals surface area contributed by atoms with Crippen LogP contribution in [0.4, 0.5) is 5.69 Å². The summed E-state index contributed by atoms with van der Waals surface area (Å²) in [5.41, 5.74) is 2.26. The molecule has 0 saturated heterocycles. The van der Waals surface area contributed by atoms with Crippen molar-refractivity contribution in [1.82, 2.24) is 5.32 Å². The van der Waals surface area contributed by atoms with Crippen LogP contribution in [-0.4, -0.2) is 26.0 Å². The van der Waals surface area contributed by atoms with E-state index in [0.29, 0.717) is 22.7 Å². The van der Waals surface area contributed by atoms with E-state index in [9.17, 15) is 9.59 Å². The van der Waals surface area contributed by atoms with Gasteiger partial charge in [-0.25, -0.2) is 0 Å². The zero-order valence-corrected chi connectivity index (χ0v) is 19.3. The van der Waals surface area contributed by atoms with Gasteiger partial charge in [-0.3, -0.25) is 9.59 Å². The average Bonchev–Trinajstić information content (AvgIpc) is 2.87. The monoisotopic (exact) mass is 454 g/mol. The first-order valence-corrected chi connectivity index (χ1v) is 10.9. The molecule has 0 bridgehead atoms. The zero-order chi connectivity index (χ0) is 24.1. The maximum absolute atomic E-state index is 13.0. The molecule has 1 atom stereocenters. The van der Waals surface area contributed by atoms with E-state index in [1.807, 2.05) is 31.2 Å². The lowest BCUT2D eigenvalue weighted by Crippen LogP contribution is -2.27. The van der Waals surface area contributed by atoms with Crippen LogP contribution in [0.5, 0.6) is 11.5 Å². The second-order valence-corrected chi connectivity index (χ2v) is 7.84. The van der Waals surface area contributed by atoms with Crippen LogP contribution >= 0.6 is 0 Å². The van der Waals surface area contributed by atoms with Crippen LogP contribution in [-0.2, 0) is 0 Å². The van der Waals surface area contributed by atoms with Gasteiger partial charge in [-0.15, -0.1) is 0 Å². The number of carbonyl (C=O) groups is 2. The van der Waals surface area contributed by atoms with Gasteiger partial charge < -0.3 is 20.1 Å². The third-order valence-electron chi connectivity index (χ3n) is 5.67. The van der Waals surface area contributed by atoms with Crippen molar-refractivity contribution in [3.63, 3.8) is 0 Å². The molecule has 0 heterocycles. The minimum absolute atomic E-state index is 0.199.